The molecule has 0 bridgehead atoms. The number of carbonyl (C=O) groups is 2. The molecule has 0 fully saturated rings. The molecule has 166 valence electrons. The van der Waals surface area contributed by atoms with Gasteiger partial charge < -0.3 is 19.4 Å². The van der Waals surface area contributed by atoms with E-state index in [1.165, 1.54) is 11.8 Å². The van der Waals surface area contributed by atoms with Crippen LogP contribution in [0.1, 0.15) is 37.6 Å². The summed E-state index contributed by atoms with van der Waals surface area (Å²) in [5.74, 6) is 0.0538. The molecule has 7 nitrogen and oxygen atoms in total. The molecule has 1 unspecified atom stereocenters. The zero-order chi connectivity index (χ0) is 22.7. The highest BCUT2D eigenvalue weighted by atomic mass is 35.5. The van der Waals surface area contributed by atoms with Crippen molar-refractivity contribution < 1.29 is 18.7 Å². The number of rotatable bonds is 7. The SMILES string of the molecule is CCOC(=O)C1=C(C)N=C2SC=C(CC(=O)NCc3ccco3)N2C1c1ccccc1Cl. The van der Waals surface area contributed by atoms with Crippen LogP contribution in [0.3, 0.4) is 0 Å². The van der Waals surface area contributed by atoms with Gasteiger partial charge in [0.1, 0.15) is 5.76 Å². The maximum absolute atomic E-state index is 12.9. The summed E-state index contributed by atoms with van der Waals surface area (Å²) >= 11 is 7.96. The summed E-state index contributed by atoms with van der Waals surface area (Å²) in [4.78, 5) is 32.1. The predicted molar refractivity (Wildman–Crippen MR) is 124 cm³/mol. The second-order valence-electron chi connectivity index (χ2n) is 7.17. The molecular weight excluding hydrogens is 450 g/mol. The van der Waals surface area contributed by atoms with Crippen LogP contribution in [-0.4, -0.2) is 28.6 Å². The van der Waals surface area contributed by atoms with Crippen LogP contribution in [0.5, 0.6) is 0 Å². The number of nitrogens with zero attached hydrogens (tertiary/aromatic N) is 2. The normalized spacial score (nSPS) is 17.6. The van der Waals surface area contributed by atoms with Crippen molar-refractivity contribution in [3.05, 3.63) is 81.4 Å². The number of amidine groups is 1. The second kappa shape index (κ2) is 9.67. The zero-order valence-corrected chi connectivity index (χ0v) is 19.2. The van der Waals surface area contributed by atoms with Gasteiger partial charge in [-0.2, -0.15) is 0 Å². The highest BCUT2D eigenvalue weighted by molar-refractivity contribution is 8.16. The minimum Gasteiger partial charge on any atom is -0.467 e. The van der Waals surface area contributed by atoms with Crippen LogP contribution in [0, 0.1) is 0 Å². The molecular formula is C23H22ClN3O4S. The molecule has 2 aliphatic heterocycles. The monoisotopic (exact) mass is 471 g/mol. The summed E-state index contributed by atoms with van der Waals surface area (Å²) in [7, 11) is 0. The van der Waals surface area contributed by atoms with Gasteiger partial charge in [0.2, 0.25) is 5.91 Å². The summed E-state index contributed by atoms with van der Waals surface area (Å²) < 4.78 is 10.6. The summed E-state index contributed by atoms with van der Waals surface area (Å²) in [6, 6.07) is 10.4. The van der Waals surface area contributed by atoms with Crippen molar-refractivity contribution in [2.24, 2.45) is 4.99 Å². The van der Waals surface area contributed by atoms with E-state index in [9.17, 15) is 9.59 Å². The molecule has 2 aromatic rings. The molecule has 0 aliphatic carbocycles. The molecule has 1 atom stereocenters. The van der Waals surface area contributed by atoms with Gasteiger partial charge in [0, 0.05) is 10.7 Å². The molecule has 1 amide bonds. The number of furan rings is 1. The number of aliphatic imine (C=N–C) groups is 1. The Bertz CT molecular complexity index is 1120. The fourth-order valence-corrected chi connectivity index (χ4v) is 4.86. The lowest BCUT2D eigenvalue weighted by Crippen LogP contribution is -2.38. The average molecular weight is 472 g/mol. The molecule has 0 saturated carbocycles. The molecule has 4 rings (SSSR count). The number of fused-ring (bicyclic) bond motifs is 1. The van der Waals surface area contributed by atoms with E-state index in [0.29, 0.717) is 33.8 Å². The summed E-state index contributed by atoms with van der Waals surface area (Å²) in [6.07, 6.45) is 1.68. The molecule has 1 aromatic carbocycles. The van der Waals surface area contributed by atoms with E-state index < -0.39 is 12.0 Å². The largest absolute Gasteiger partial charge is 0.467 e. The topological polar surface area (TPSA) is 84.1 Å². The van der Waals surface area contributed by atoms with Crippen LogP contribution in [0.15, 0.2) is 74.4 Å². The fourth-order valence-electron chi connectivity index (χ4n) is 3.66. The quantitative estimate of drug-likeness (QED) is 0.585. The van der Waals surface area contributed by atoms with Crippen LogP contribution >= 0.6 is 23.4 Å². The number of esters is 1. The second-order valence-corrected chi connectivity index (χ2v) is 8.41. The average Bonchev–Trinajstić information content (AvgIpc) is 3.42. The fraction of sp³-hybridized carbons (Fsp3) is 0.261. The first-order chi connectivity index (χ1) is 15.5. The van der Waals surface area contributed by atoms with E-state index in [1.54, 1.807) is 38.3 Å². The van der Waals surface area contributed by atoms with E-state index in [0.717, 1.165) is 11.3 Å². The Morgan fingerprint density at radius 3 is 2.81 bits per heavy atom. The van der Waals surface area contributed by atoms with Gasteiger partial charge in [0.05, 0.1) is 43.1 Å². The van der Waals surface area contributed by atoms with Crippen LogP contribution in [-0.2, 0) is 20.9 Å². The van der Waals surface area contributed by atoms with Gasteiger partial charge in [-0.1, -0.05) is 41.6 Å². The highest BCUT2D eigenvalue weighted by Gasteiger charge is 2.41. The third kappa shape index (κ3) is 4.47. The van der Waals surface area contributed by atoms with Crippen molar-refractivity contribution in [1.82, 2.24) is 10.2 Å². The minimum absolute atomic E-state index is 0.114. The lowest BCUT2D eigenvalue weighted by molar-refractivity contribution is -0.139. The number of hydrogen-bond acceptors (Lipinski definition) is 7. The number of carbonyl (C=O) groups excluding carboxylic acids is 2. The Morgan fingerprint density at radius 2 is 2.09 bits per heavy atom. The Kier molecular flexibility index (Phi) is 6.72. The minimum atomic E-state index is -0.547. The molecule has 32 heavy (non-hydrogen) atoms. The number of halogens is 1. The van der Waals surface area contributed by atoms with Crippen molar-refractivity contribution in [3.63, 3.8) is 0 Å². The molecule has 1 N–H and O–H groups in total. The molecule has 0 saturated heterocycles. The molecule has 0 radical (unpaired) electrons. The van der Waals surface area contributed by atoms with Crippen LogP contribution < -0.4 is 5.32 Å². The lowest BCUT2D eigenvalue weighted by Gasteiger charge is -2.36. The maximum Gasteiger partial charge on any atom is 0.338 e. The predicted octanol–water partition coefficient (Wildman–Crippen LogP) is 4.78. The van der Waals surface area contributed by atoms with Gasteiger partial charge in [-0.05, 0) is 43.0 Å². The lowest BCUT2D eigenvalue weighted by atomic mass is 9.93. The third-order valence-corrected chi connectivity index (χ3v) is 6.31. The zero-order valence-electron chi connectivity index (χ0n) is 17.6. The number of benzene rings is 1. The van der Waals surface area contributed by atoms with Crippen molar-refractivity contribution in [1.29, 1.82) is 0 Å². The van der Waals surface area contributed by atoms with E-state index in [4.69, 9.17) is 20.8 Å². The van der Waals surface area contributed by atoms with Crippen molar-refractivity contribution in [2.75, 3.05) is 6.61 Å². The van der Waals surface area contributed by atoms with Crippen molar-refractivity contribution >= 4 is 40.4 Å². The Morgan fingerprint density at radius 1 is 1.28 bits per heavy atom. The number of hydrogen-bond donors (Lipinski definition) is 1. The van der Waals surface area contributed by atoms with E-state index in [-0.39, 0.29) is 18.9 Å². The molecule has 3 heterocycles. The Hall–Kier alpha value is -2.97. The first kappa shape index (κ1) is 22.2. The van der Waals surface area contributed by atoms with Gasteiger partial charge in [0.25, 0.3) is 0 Å². The van der Waals surface area contributed by atoms with E-state index in [1.807, 2.05) is 28.5 Å². The van der Waals surface area contributed by atoms with E-state index >= 15 is 0 Å². The van der Waals surface area contributed by atoms with Crippen LogP contribution in [0.4, 0.5) is 0 Å². The summed E-state index contributed by atoms with van der Waals surface area (Å²) in [5.41, 5.74) is 2.45. The Balaban J connectivity index is 1.64. The molecule has 1 aromatic heterocycles. The third-order valence-electron chi connectivity index (χ3n) is 5.08. The summed E-state index contributed by atoms with van der Waals surface area (Å²) in [6.45, 7) is 4.09. The van der Waals surface area contributed by atoms with Crippen LogP contribution in [0.2, 0.25) is 5.02 Å². The molecule has 2 aliphatic rings. The number of nitrogens with one attached hydrogen (secondary N) is 1. The number of allylic oxidation sites excluding steroid dienone is 1. The smallest absolute Gasteiger partial charge is 0.338 e. The van der Waals surface area contributed by atoms with Crippen molar-refractivity contribution in [3.8, 4) is 0 Å². The van der Waals surface area contributed by atoms with E-state index in [2.05, 4.69) is 10.3 Å². The van der Waals surface area contributed by atoms with Crippen molar-refractivity contribution in [2.45, 2.75) is 32.9 Å². The van der Waals surface area contributed by atoms with Gasteiger partial charge in [-0.3, -0.25) is 4.79 Å². The Labute approximate surface area is 195 Å². The molecule has 9 heteroatoms. The first-order valence-electron chi connectivity index (χ1n) is 10.1. The van der Waals surface area contributed by atoms with Gasteiger partial charge >= 0.3 is 5.97 Å². The number of thioether (sulfide) groups is 1. The molecule has 0 spiro atoms. The maximum atomic E-state index is 12.9. The van der Waals surface area contributed by atoms with Gasteiger partial charge in [-0.15, -0.1) is 0 Å². The van der Waals surface area contributed by atoms with Gasteiger partial charge in [0.15, 0.2) is 5.17 Å². The van der Waals surface area contributed by atoms with Crippen LogP contribution in [0.25, 0.3) is 0 Å². The number of ether oxygens (including phenoxy) is 1. The first-order valence-corrected chi connectivity index (χ1v) is 11.4. The summed E-state index contributed by atoms with van der Waals surface area (Å²) in [5, 5.41) is 5.95. The number of amides is 1. The van der Waals surface area contributed by atoms with Gasteiger partial charge in [-0.25, -0.2) is 9.79 Å². The standard InChI is InChI=1S/C23H22ClN3O4S/c1-3-30-22(29)20-14(2)26-23-27(21(20)17-8-4-5-9-18(17)24)15(13-32-23)11-19(28)25-12-16-7-6-10-31-16/h4-10,13,21H,3,11-12H2,1-2H3,(H,25,28). The highest BCUT2D eigenvalue weighted by Crippen LogP contribution is 2.46.